The maximum absolute atomic E-state index is 12.2. The number of carbonyl (C=O) groups excluding carboxylic acids is 6. The van der Waals surface area contributed by atoms with Crippen LogP contribution in [0.25, 0.3) is 0 Å². The number of amides is 6. The van der Waals surface area contributed by atoms with Crippen LogP contribution >= 0.6 is 0 Å². The Labute approximate surface area is 162 Å². The van der Waals surface area contributed by atoms with E-state index >= 15 is 0 Å². The van der Waals surface area contributed by atoms with Gasteiger partial charge in [0.25, 0.3) is 11.8 Å². The van der Waals surface area contributed by atoms with Crippen LogP contribution in [0.5, 0.6) is 0 Å². The van der Waals surface area contributed by atoms with Gasteiger partial charge in [0, 0.05) is 31.7 Å². The van der Waals surface area contributed by atoms with Crippen LogP contribution in [0.4, 0.5) is 4.79 Å². The number of nitrogens with one attached hydrogen (secondary N) is 3. The minimum Gasteiger partial charge on any atom is -0.352 e. The zero-order valence-electron chi connectivity index (χ0n) is 15.8. The molecule has 0 radical (unpaired) electrons. The number of nitrogens with two attached hydrogens (primary N) is 1. The molecule has 0 fully saturated rings. The van der Waals surface area contributed by atoms with E-state index in [1.165, 1.54) is 13.8 Å². The number of Topliss-reactive ketones (excluding diaryl/α,β-unsaturated/α-hetero) is 1. The van der Waals surface area contributed by atoms with Gasteiger partial charge < -0.3 is 21.7 Å². The lowest BCUT2D eigenvalue weighted by Crippen LogP contribution is -2.50. The summed E-state index contributed by atoms with van der Waals surface area (Å²) in [6.45, 7) is 2.96. The third-order valence-corrected chi connectivity index (χ3v) is 4.01. The molecule has 6 amide bonds. The summed E-state index contributed by atoms with van der Waals surface area (Å²) in [5.74, 6) is -2.30. The maximum atomic E-state index is 12.2. The molecule has 1 aliphatic heterocycles. The number of ketones is 1. The molecule has 5 N–H and O–H groups in total. The summed E-state index contributed by atoms with van der Waals surface area (Å²) in [4.78, 5) is 70.2. The number of rotatable bonds is 11. The maximum Gasteiger partial charge on any atom is 0.312 e. The van der Waals surface area contributed by atoms with E-state index in [4.69, 9.17) is 5.73 Å². The van der Waals surface area contributed by atoms with Gasteiger partial charge in [-0.05, 0) is 26.7 Å². The predicted octanol–water partition coefficient (Wildman–Crippen LogP) is -1.67. The van der Waals surface area contributed by atoms with Gasteiger partial charge in [-0.1, -0.05) is 0 Å². The van der Waals surface area contributed by atoms with Crippen molar-refractivity contribution in [3.63, 3.8) is 0 Å². The molecule has 0 saturated carbocycles. The number of carbonyl (C=O) groups is 6. The van der Waals surface area contributed by atoms with E-state index in [9.17, 15) is 28.8 Å². The fraction of sp³-hybridized carbons (Fsp3) is 0.529. The van der Waals surface area contributed by atoms with Gasteiger partial charge in [0.05, 0.1) is 6.04 Å². The summed E-state index contributed by atoms with van der Waals surface area (Å²) in [7, 11) is 0. The number of primary amides is 1. The van der Waals surface area contributed by atoms with Crippen LogP contribution in [-0.4, -0.2) is 65.5 Å². The van der Waals surface area contributed by atoms with Crippen LogP contribution in [0.1, 0.15) is 33.1 Å². The molecular formula is C17H25N5O6. The highest BCUT2D eigenvalue weighted by molar-refractivity contribution is 6.13. The fourth-order valence-corrected chi connectivity index (χ4v) is 2.44. The third-order valence-electron chi connectivity index (χ3n) is 4.01. The van der Waals surface area contributed by atoms with Crippen LogP contribution in [0.15, 0.2) is 12.2 Å². The highest BCUT2D eigenvalue weighted by atomic mass is 16.2. The van der Waals surface area contributed by atoms with Gasteiger partial charge in [0.1, 0.15) is 6.04 Å². The van der Waals surface area contributed by atoms with Crippen LogP contribution in [0.2, 0.25) is 0 Å². The lowest BCUT2D eigenvalue weighted by atomic mass is 10.1. The van der Waals surface area contributed by atoms with Crippen molar-refractivity contribution in [1.82, 2.24) is 20.9 Å². The van der Waals surface area contributed by atoms with Crippen molar-refractivity contribution in [3.05, 3.63) is 12.2 Å². The van der Waals surface area contributed by atoms with Crippen molar-refractivity contribution in [2.45, 2.75) is 45.2 Å². The highest BCUT2D eigenvalue weighted by Crippen LogP contribution is 2.04. The van der Waals surface area contributed by atoms with E-state index in [0.29, 0.717) is 12.8 Å². The number of hydrogen-bond donors (Lipinski definition) is 4. The molecule has 0 aromatic carbocycles. The van der Waals surface area contributed by atoms with E-state index in [0.717, 1.165) is 17.1 Å². The largest absolute Gasteiger partial charge is 0.352 e. The van der Waals surface area contributed by atoms with Crippen LogP contribution < -0.4 is 21.7 Å². The Hall–Kier alpha value is -3.24. The second kappa shape index (κ2) is 10.8. The molecule has 11 nitrogen and oxygen atoms in total. The second-order valence-electron chi connectivity index (χ2n) is 6.31. The van der Waals surface area contributed by atoms with Crippen molar-refractivity contribution in [2.75, 3.05) is 13.1 Å². The number of nitrogens with zero attached hydrogens (tertiary/aromatic N) is 1. The van der Waals surface area contributed by atoms with Gasteiger partial charge in [0.2, 0.25) is 11.8 Å². The Kier molecular flexibility index (Phi) is 8.79. The third kappa shape index (κ3) is 7.56. The van der Waals surface area contributed by atoms with Crippen molar-refractivity contribution in [1.29, 1.82) is 0 Å². The SMILES string of the molecule is CC(=O)[C@H](CCCNC(N)=O)NC(=O)[C@H](C)NC(=O)CCN1C(=O)C=CC1=O. The molecule has 0 saturated heterocycles. The van der Waals surface area contributed by atoms with Gasteiger partial charge >= 0.3 is 6.03 Å². The van der Waals surface area contributed by atoms with Crippen molar-refractivity contribution < 1.29 is 28.8 Å². The molecule has 0 unspecified atom stereocenters. The van der Waals surface area contributed by atoms with Gasteiger partial charge in [-0.3, -0.25) is 28.9 Å². The molecule has 2 atom stereocenters. The van der Waals surface area contributed by atoms with Gasteiger partial charge in [-0.25, -0.2) is 4.79 Å². The molecule has 0 aromatic heterocycles. The number of urea groups is 1. The quantitative estimate of drug-likeness (QED) is 0.241. The molecule has 0 spiro atoms. The summed E-state index contributed by atoms with van der Waals surface area (Å²) in [6, 6.07) is -2.35. The predicted molar refractivity (Wildman–Crippen MR) is 97.5 cm³/mol. The Bertz CT molecular complexity index is 672. The second-order valence-corrected chi connectivity index (χ2v) is 6.31. The average Bonchev–Trinajstić information content (AvgIpc) is 2.93. The molecule has 154 valence electrons. The Morgan fingerprint density at radius 2 is 1.71 bits per heavy atom. The summed E-state index contributed by atoms with van der Waals surface area (Å²) >= 11 is 0. The topological polar surface area (TPSA) is 168 Å². The molecular weight excluding hydrogens is 370 g/mol. The molecule has 11 heteroatoms. The van der Waals surface area contributed by atoms with E-state index in [1.807, 2.05) is 0 Å². The minimum absolute atomic E-state index is 0.0895. The molecule has 1 aliphatic rings. The van der Waals surface area contributed by atoms with E-state index in [1.54, 1.807) is 0 Å². The first-order chi connectivity index (χ1) is 13.1. The molecule has 1 rings (SSSR count). The van der Waals surface area contributed by atoms with Gasteiger partial charge in [0.15, 0.2) is 5.78 Å². The average molecular weight is 395 g/mol. The monoisotopic (exact) mass is 395 g/mol. The van der Waals surface area contributed by atoms with Crippen LogP contribution in [0.3, 0.4) is 0 Å². The van der Waals surface area contributed by atoms with E-state index < -0.39 is 41.7 Å². The highest BCUT2D eigenvalue weighted by Gasteiger charge is 2.25. The number of imide groups is 1. The standard InChI is InChI=1S/C17H25N5O6/c1-10(20-13(24)7-9-22-14(25)5-6-15(22)26)16(27)21-12(11(2)23)4-3-8-19-17(18)28/h5-6,10,12H,3-4,7-9H2,1-2H3,(H,20,24)(H,21,27)(H3,18,19,28)/t10-,12-/m0/s1. The molecule has 1 heterocycles. The summed E-state index contributed by atoms with van der Waals surface area (Å²) in [5, 5.41) is 7.39. The van der Waals surface area contributed by atoms with E-state index in [-0.39, 0.29) is 25.3 Å². The van der Waals surface area contributed by atoms with E-state index in [2.05, 4.69) is 16.0 Å². The molecule has 0 bridgehead atoms. The zero-order valence-corrected chi connectivity index (χ0v) is 15.8. The molecule has 0 aliphatic carbocycles. The zero-order chi connectivity index (χ0) is 21.3. The fourth-order valence-electron chi connectivity index (χ4n) is 2.44. The Balaban J connectivity index is 2.41. The van der Waals surface area contributed by atoms with Gasteiger partial charge in [-0.15, -0.1) is 0 Å². The smallest absolute Gasteiger partial charge is 0.312 e. The van der Waals surface area contributed by atoms with Crippen molar-refractivity contribution >= 4 is 35.4 Å². The lowest BCUT2D eigenvalue weighted by Gasteiger charge is -2.20. The molecule has 0 aromatic rings. The Morgan fingerprint density at radius 1 is 1.11 bits per heavy atom. The van der Waals surface area contributed by atoms with Gasteiger partial charge in [-0.2, -0.15) is 0 Å². The summed E-state index contributed by atoms with van der Waals surface area (Å²) in [5.41, 5.74) is 4.94. The first-order valence-electron chi connectivity index (χ1n) is 8.78. The van der Waals surface area contributed by atoms with Crippen LogP contribution in [-0.2, 0) is 24.0 Å². The number of hydrogen-bond acceptors (Lipinski definition) is 6. The summed E-state index contributed by atoms with van der Waals surface area (Å²) < 4.78 is 0. The van der Waals surface area contributed by atoms with Crippen molar-refractivity contribution in [2.24, 2.45) is 5.73 Å². The Morgan fingerprint density at radius 3 is 2.25 bits per heavy atom. The van der Waals surface area contributed by atoms with Crippen molar-refractivity contribution in [3.8, 4) is 0 Å². The first-order valence-corrected chi connectivity index (χ1v) is 8.78. The first kappa shape index (κ1) is 22.8. The minimum atomic E-state index is -0.916. The normalized spacial score (nSPS) is 15.1. The molecule has 28 heavy (non-hydrogen) atoms. The lowest BCUT2D eigenvalue weighted by molar-refractivity contribution is -0.137. The summed E-state index contributed by atoms with van der Waals surface area (Å²) in [6.07, 6.45) is 2.83. The van der Waals surface area contributed by atoms with Crippen LogP contribution in [0, 0.1) is 0 Å².